The SMILES string of the molecule is O=C(CSc1nnc(C2CC2)n1Cc1ccccc1)N1CCc2ccccc21. The van der Waals surface area contributed by atoms with Crippen LogP contribution in [0.1, 0.15) is 35.7 Å². The van der Waals surface area contributed by atoms with Crippen molar-refractivity contribution in [2.45, 2.75) is 36.9 Å². The lowest BCUT2D eigenvalue weighted by Crippen LogP contribution is -2.30. The Hall–Kier alpha value is -2.60. The second-order valence-electron chi connectivity index (χ2n) is 7.40. The van der Waals surface area contributed by atoms with E-state index >= 15 is 0 Å². The third kappa shape index (κ3) is 3.44. The number of hydrogen-bond acceptors (Lipinski definition) is 4. The highest BCUT2D eigenvalue weighted by atomic mass is 32.2. The molecule has 0 radical (unpaired) electrons. The van der Waals surface area contributed by atoms with Crippen molar-refractivity contribution >= 4 is 23.4 Å². The van der Waals surface area contributed by atoms with Gasteiger partial charge in [-0.25, -0.2) is 0 Å². The molecule has 3 aromatic rings. The molecule has 28 heavy (non-hydrogen) atoms. The van der Waals surface area contributed by atoms with Crippen molar-refractivity contribution in [1.29, 1.82) is 0 Å². The molecule has 142 valence electrons. The van der Waals surface area contributed by atoms with Gasteiger partial charge in [-0.05, 0) is 36.5 Å². The number of nitrogens with zero attached hydrogens (tertiary/aromatic N) is 4. The summed E-state index contributed by atoms with van der Waals surface area (Å²) in [6.45, 7) is 1.52. The molecule has 1 saturated carbocycles. The minimum absolute atomic E-state index is 0.136. The standard InChI is InChI=1S/C22H22N4OS/c27-20(25-13-12-17-8-4-5-9-19(17)25)15-28-22-24-23-21(18-10-11-18)26(22)14-16-6-2-1-3-7-16/h1-9,18H,10-15H2. The molecule has 1 amide bonds. The maximum Gasteiger partial charge on any atom is 0.237 e. The number of benzene rings is 2. The van der Waals surface area contributed by atoms with E-state index in [1.54, 1.807) is 0 Å². The molecule has 0 N–H and O–H groups in total. The molecular formula is C22H22N4OS. The number of rotatable bonds is 6. The summed E-state index contributed by atoms with van der Waals surface area (Å²) in [6.07, 6.45) is 3.30. The average Bonchev–Trinajstić information content (AvgIpc) is 3.36. The Labute approximate surface area is 168 Å². The fraction of sp³-hybridized carbons (Fsp3) is 0.318. The Morgan fingerprint density at radius 3 is 2.64 bits per heavy atom. The van der Waals surface area contributed by atoms with Gasteiger partial charge in [0.05, 0.1) is 12.3 Å². The van der Waals surface area contributed by atoms with Gasteiger partial charge in [0.1, 0.15) is 5.82 Å². The van der Waals surface area contributed by atoms with Crippen LogP contribution in [-0.4, -0.2) is 33.0 Å². The molecule has 0 spiro atoms. The molecule has 0 bridgehead atoms. The highest BCUT2D eigenvalue weighted by Crippen LogP contribution is 2.40. The Kier molecular flexibility index (Phi) is 4.64. The number of para-hydroxylation sites is 1. The van der Waals surface area contributed by atoms with Gasteiger partial charge in [0.2, 0.25) is 5.91 Å². The number of aromatic nitrogens is 3. The molecule has 1 aliphatic heterocycles. The van der Waals surface area contributed by atoms with E-state index in [0.29, 0.717) is 11.7 Å². The predicted molar refractivity (Wildman–Crippen MR) is 111 cm³/mol. The summed E-state index contributed by atoms with van der Waals surface area (Å²) >= 11 is 1.50. The van der Waals surface area contributed by atoms with Crippen molar-refractivity contribution in [2.75, 3.05) is 17.2 Å². The Bertz CT molecular complexity index is 997. The first kappa shape index (κ1) is 17.5. The van der Waals surface area contributed by atoms with E-state index < -0.39 is 0 Å². The van der Waals surface area contributed by atoms with Crippen LogP contribution in [0.15, 0.2) is 59.8 Å². The highest BCUT2D eigenvalue weighted by Gasteiger charge is 2.31. The van der Waals surface area contributed by atoms with E-state index in [4.69, 9.17) is 0 Å². The Morgan fingerprint density at radius 1 is 1.04 bits per heavy atom. The van der Waals surface area contributed by atoms with Crippen LogP contribution in [0.4, 0.5) is 5.69 Å². The fourth-order valence-electron chi connectivity index (χ4n) is 3.77. The number of amides is 1. The first-order valence-corrected chi connectivity index (χ1v) is 10.8. The molecule has 2 aromatic carbocycles. The van der Waals surface area contributed by atoms with Crippen molar-refractivity contribution in [2.24, 2.45) is 0 Å². The molecule has 0 atom stereocenters. The first-order chi connectivity index (χ1) is 13.8. The quantitative estimate of drug-likeness (QED) is 0.599. The summed E-state index contributed by atoms with van der Waals surface area (Å²) in [5.41, 5.74) is 3.53. The van der Waals surface area contributed by atoms with Crippen molar-refractivity contribution in [3.05, 3.63) is 71.5 Å². The zero-order valence-electron chi connectivity index (χ0n) is 15.6. The van der Waals surface area contributed by atoms with Crippen LogP contribution in [0.5, 0.6) is 0 Å². The Morgan fingerprint density at radius 2 is 1.82 bits per heavy atom. The molecule has 0 saturated heterocycles. The monoisotopic (exact) mass is 390 g/mol. The van der Waals surface area contributed by atoms with Crippen LogP contribution in [0.2, 0.25) is 0 Å². The van der Waals surface area contributed by atoms with Gasteiger partial charge in [-0.1, -0.05) is 60.3 Å². The van der Waals surface area contributed by atoms with E-state index in [1.807, 2.05) is 29.2 Å². The van der Waals surface area contributed by atoms with E-state index in [-0.39, 0.29) is 5.91 Å². The van der Waals surface area contributed by atoms with Crippen molar-refractivity contribution < 1.29 is 4.79 Å². The topological polar surface area (TPSA) is 51.0 Å². The van der Waals surface area contributed by atoms with Gasteiger partial charge in [0.25, 0.3) is 0 Å². The number of carbonyl (C=O) groups is 1. The van der Waals surface area contributed by atoms with Gasteiger partial charge in [-0.2, -0.15) is 0 Å². The second kappa shape index (κ2) is 7.43. The number of hydrogen-bond donors (Lipinski definition) is 0. The lowest BCUT2D eigenvalue weighted by molar-refractivity contribution is -0.116. The van der Waals surface area contributed by atoms with Crippen LogP contribution in [0, 0.1) is 0 Å². The van der Waals surface area contributed by atoms with Crippen LogP contribution >= 0.6 is 11.8 Å². The number of anilines is 1. The van der Waals surface area contributed by atoms with E-state index in [2.05, 4.69) is 45.1 Å². The van der Waals surface area contributed by atoms with E-state index in [1.165, 1.54) is 35.7 Å². The summed E-state index contributed by atoms with van der Waals surface area (Å²) in [4.78, 5) is 14.8. The third-order valence-corrected chi connectivity index (χ3v) is 6.34. The van der Waals surface area contributed by atoms with Crippen LogP contribution in [0.25, 0.3) is 0 Å². The molecule has 2 heterocycles. The summed E-state index contributed by atoms with van der Waals surface area (Å²) in [7, 11) is 0. The molecule has 5 nitrogen and oxygen atoms in total. The van der Waals surface area contributed by atoms with Crippen molar-refractivity contribution in [1.82, 2.24) is 14.8 Å². The molecule has 0 unspecified atom stereocenters. The minimum atomic E-state index is 0.136. The summed E-state index contributed by atoms with van der Waals surface area (Å²) in [6, 6.07) is 18.6. The smallest absolute Gasteiger partial charge is 0.237 e. The summed E-state index contributed by atoms with van der Waals surface area (Å²) < 4.78 is 2.20. The first-order valence-electron chi connectivity index (χ1n) is 9.77. The maximum absolute atomic E-state index is 12.9. The average molecular weight is 391 g/mol. The van der Waals surface area contributed by atoms with Crippen molar-refractivity contribution in [3.63, 3.8) is 0 Å². The molecule has 2 aliphatic rings. The van der Waals surface area contributed by atoms with Gasteiger partial charge in [-0.15, -0.1) is 10.2 Å². The molecule has 6 heteroatoms. The lowest BCUT2D eigenvalue weighted by Gasteiger charge is -2.17. The predicted octanol–water partition coefficient (Wildman–Crippen LogP) is 3.89. The van der Waals surface area contributed by atoms with E-state index in [0.717, 1.165) is 36.2 Å². The van der Waals surface area contributed by atoms with Gasteiger partial charge < -0.3 is 9.47 Å². The van der Waals surface area contributed by atoms with Crippen LogP contribution < -0.4 is 4.90 Å². The van der Waals surface area contributed by atoms with Gasteiger partial charge in [-0.3, -0.25) is 4.79 Å². The summed E-state index contributed by atoms with van der Waals surface area (Å²) in [5.74, 6) is 2.10. The highest BCUT2D eigenvalue weighted by molar-refractivity contribution is 7.99. The zero-order valence-corrected chi connectivity index (χ0v) is 16.4. The number of thioether (sulfide) groups is 1. The molecular weight excluding hydrogens is 368 g/mol. The molecule has 1 aromatic heterocycles. The van der Waals surface area contributed by atoms with Gasteiger partial charge in [0, 0.05) is 18.2 Å². The molecule has 1 fully saturated rings. The van der Waals surface area contributed by atoms with Crippen LogP contribution in [-0.2, 0) is 17.8 Å². The normalized spacial score (nSPS) is 15.6. The zero-order chi connectivity index (χ0) is 18.9. The Balaban J connectivity index is 1.32. The number of carbonyl (C=O) groups excluding carboxylic acids is 1. The van der Waals surface area contributed by atoms with Crippen LogP contribution in [0.3, 0.4) is 0 Å². The largest absolute Gasteiger partial charge is 0.311 e. The van der Waals surface area contributed by atoms with E-state index in [9.17, 15) is 4.79 Å². The van der Waals surface area contributed by atoms with Gasteiger partial charge in [0.15, 0.2) is 5.16 Å². The minimum Gasteiger partial charge on any atom is -0.311 e. The fourth-order valence-corrected chi connectivity index (χ4v) is 4.59. The summed E-state index contributed by atoms with van der Waals surface area (Å²) in [5, 5.41) is 9.71. The maximum atomic E-state index is 12.9. The molecule has 5 rings (SSSR count). The van der Waals surface area contributed by atoms with Crippen molar-refractivity contribution in [3.8, 4) is 0 Å². The van der Waals surface area contributed by atoms with Gasteiger partial charge >= 0.3 is 0 Å². The lowest BCUT2D eigenvalue weighted by atomic mass is 10.2. The third-order valence-electron chi connectivity index (χ3n) is 5.38. The second-order valence-corrected chi connectivity index (χ2v) is 8.34. The molecule has 1 aliphatic carbocycles. The number of fused-ring (bicyclic) bond motifs is 1.